The molecule has 0 bridgehead atoms. The van der Waals surface area contributed by atoms with Crippen molar-refractivity contribution in [3.05, 3.63) is 91.2 Å². The third kappa shape index (κ3) is 4.06. The highest BCUT2D eigenvalue weighted by Gasteiger charge is 2.33. The van der Waals surface area contributed by atoms with Gasteiger partial charge in [-0.3, -0.25) is 25.5 Å². The molecule has 2 atom stereocenters. The second-order valence-corrected chi connectivity index (χ2v) is 6.40. The minimum atomic E-state index is -0.593. The monoisotopic (exact) mass is 398 g/mol. The number of hydrogen-bond donors (Lipinski definition) is 2. The van der Waals surface area contributed by atoms with Crippen LogP contribution in [0.3, 0.4) is 0 Å². The van der Waals surface area contributed by atoms with E-state index in [2.05, 4.69) is 10.6 Å². The fraction of sp³-hybridized carbons (Fsp3) is 0.211. The second kappa shape index (κ2) is 8.07. The summed E-state index contributed by atoms with van der Waals surface area (Å²) in [5.41, 5.74) is 2.20. The Balaban J connectivity index is 1.99. The highest BCUT2D eigenvalue weighted by atomic mass is 16.6. The summed E-state index contributed by atoms with van der Waals surface area (Å²) in [5.74, 6) is -0.534. The molecule has 2 aromatic rings. The van der Waals surface area contributed by atoms with Crippen LogP contribution in [0.5, 0.6) is 0 Å². The van der Waals surface area contributed by atoms with Gasteiger partial charge < -0.3 is 10.1 Å². The molecular formula is C19H18N4O6. The molecule has 1 heterocycles. The molecule has 0 spiro atoms. The number of allylic oxidation sites excluding steroid dienone is 1. The molecule has 0 fully saturated rings. The lowest BCUT2D eigenvalue weighted by atomic mass is 9.93. The Morgan fingerprint density at radius 3 is 1.86 bits per heavy atom. The average molecular weight is 398 g/mol. The fourth-order valence-corrected chi connectivity index (χ4v) is 3.20. The predicted molar refractivity (Wildman–Crippen MR) is 103 cm³/mol. The second-order valence-electron chi connectivity index (χ2n) is 6.40. The molecule has 0 radical (unpaired) electrons. The molecule has 0 aromatic heterocycles. The molecule has 150 valence electrons. The van der Waals surface area contributed by atoms with E-state index in [1.54, 1.807) is 31.2 Å². The number of esters is 1. The maximum absolute atomic E-state index is 12.4. The molecule has 10 heteroatoms. The van der Waals surface area contributed by atoms with Gasteiger partial charge in [0.25, 0.3) is 11.4 Å². The Labute approximate surface area is 165 Å². The first-order valence-electron chi connectivity index (χ1n) is 8.62. The summed E-state index contributed by atoms with van der Waals surface area (Å²) in [6.45, 7) is 1.73. The molecule has 0 saturated heterocycles. The number of non-ortho nitro benzene ring substituents is 2. The van der Waals surface area contributed by atoms with Gasteiger partial charge in [0.2, 0.25) is 0 Å². The Hall–Kier alpha value is -3.79. The van der Waals surface area contributed by atoms with Gasteiger partial charge in [-0.15, -0.1) is 0 Å². The minimum Gasteiger partial charge on any atom is -0.466 e. The van der Waals surface area contributed by atoms with E-state index in [-0.39, 0.29) is 11.4 Å². The van der Waals surface area contributed by atoms with Crippen LogP contribution in [0.2, 0.25) is 0 Å². The third-order valence-corrected chi connectivity index (χ3v) is 4.67. The van der Waals surface area contributed by atoms with Crippen molar-refractivity contribution in [2.45, 2.75) is 19.1 Å². The summed E-state index contributed by atoms with van der Waals surface area (Å²) >= 11 is 0. The number of nitrogens with zero attached hydrogens (tertiary/aromatic N) is 2. The lowest BCUT2D eigenvalue weighted by Crippen LogP contribution is -2.44. The van der Waals surface area contributed by atoms with Gasteiger partial charge in [0.1, 0.15) is 6.17 Å². The first-order valence-corrected chi connectivity index (χ1v) is 8.62. The van der Waals surface area contributed by atoms with E-state index < -0.39 is 28.0 Å². The van der Waals surface area contributed by atoms with Gasteiger partial charge in [0, 0.05) is 30.0 Å². The van der Waals surface area contributed by atoms with E-state index in [0.29, 0.717) is 16.8 Å². The van der Waals surface area contributed by atoms with Gasteiger partial charge in [0.15, 0.2) is 0 Å². The number of rotatable bonds is 5. The molecular weight excluding hydrogens is 380 g/mol. The highest BCUT2D eigenvalue weighted by molar-refractivity contribution is 5.91. The number of ether oxygens (including phenoxy) is 1. The Bertz CT molecular complexity index is 985. The molecule has 0 unspecified atom stereocenters. The summed E-state index contributed by atoms with van der Waals surface area (Å²) in [7, 11) is 1.28. The van der Waals surface area contributed by atoms with E-state index in [9.17, 15) is 25.0 Å². The molecule has 2 N–H and O–H groups in total. The van der Waals surface area contributed by atoms with Crippen molar-refractivity contribution in [1.82, 2.24) is 10.6 Å². The van der Waals surface area contributed by atoms with Crippen molar-refractivity contribution in [2.75, 3.05) is 7.11 Å². The van der Waals surface area contributed by atoms with Crippen molar-refractivity contribution in [3.8, 4) is 0 Å². The zero-order chi connectivity index (χ0) is 21.1. The maximum Gasteiger partial charge on any atom is 0.337 e. The number of nitrogens with one attached hydrogen (secondary N) is 2. The molecule has 2 aromatic carbocycles. The Morgan fingerprint density at radius 1 is 0.931 bits per heavy atom. The number of nitro benzene ring substituents is 2. The zero-order valence-electron chi connectivity index (χ0n) is 15.6. The van der Waals surface area contributed by atoms with Crippen molar-refractivity contribution in [1.29, 1.82) is 0 Å². The van der Waals surface area contributed by atoms with Crippen LogP contribution in [0, 0.1) is 20.2 Å². The molecule has 0 aliphatic carbocycles. The first kappa shape index (κ1) is 20.0. The molecule has 3 rings (SSSR count). The van der Waals surface area contributed by atoms with E-state index in [4.69, 9.17) is 4.74 Å². The van der Waals surface area contributed by atoms with Crippen LogP contribution in [0.4, 0.5) is 11.4 Å². The molecule has 10 nitrogen and oxygen atoms in total. The normalized spacial score (nSPS) is 18.7. The van der Waals surface area contributed by atoms with Crippen molar-refractivity contribution in [2.24, 2.45) is 0 Å². The lowest BCUT2D eigenvalue weighted by molar-refractivity contribution is -0.385. The zero-order valence-corrected chi connectivity index (χ0v) is 15.6. The lowest BCUT2D eigenvalue weighted by Gasteiger charge is -2.35. The van der Waals surface area contributed by atoms with Crippen LogP contribution in [-0.2, 0) is 9.53 Å². The van der Waals surface area contributed by atoms with Crippen LogP contribution in [-0.4, -0.2) is 22.9 Å². The smallest absolute Gasteiger partial charge is 0.337 e. The molecule has 1 aliphatic rings. The van der Waals surface area contributed by atoms with Crippen LogP contribution in [0.15, 0.2) is 59.8 Å². The average Bonchev–Trinajstić information content (AvgIpc) is 2.72. The van der Waals surface area contributed by atoms with Crippen LogP contribution >= 0.6 is 0 Å². The summed E-state index contributed by atoms with van der Waals surface area (Å²) < 4.78 is 4.90. The summed E-state index contributed by atoms with van der Waals surface area (Å²) in [4.78, 5) is 33.2. The van der Waals surface area contributed by atoms with Crippen LogP contribution in [0.25, 0.3) is 0 Å². The van der Waals surface area contributed by atoms with Gasteiger partial charge in [-0.05, 0) is 30.2 Å². The van der Waals surface area contributed by atoms with Gasteiger partial charge in [0.05, 0.1) is 28.6 Å². The topological polar surface area (TPSA) is 137 Å². The predicted octanol–water partition coefficient (Wildman–Crippen LogP) is 2.88. The molecule has 29 heavy (non-hydrogen) atoms. The highest BCUT2D eigenvalue weighted by Crippen LogP contribution is 2.33. The molecule has 0 saturated carbocycles. The van der Waals surface area contributed by atoms with E-state index >= 15 is 0 Å². The van der Waals surface area contributed by atoms with E-state index in [1.165, 1.54) is 31.4 Å². The SMILES string of the molecule is COC(=O)C1=C(C)N[C@H](c2ccc([N+](=O)[O-])cc2)N[C@H]1c1ccc([N+](=O)[O-])cc1. The van der Waals surface area contributed by atoms with Gasteiger partial charge >= 0.3 is 5.97 Å². The van der Waals surface area contributed by atoms with Crippen LogP contribution in [0.1, 0.15) is 30.3 Å². The van der Waals surface area contributed by atoms with Crippen LogP contribution < -0.4 is 10.6 Å². The largest absolute Gasteiger partial charge is 0.466 e. The summed E-state index contributed by atoms with van der Waals surface area (Å²) in [6.07, 6.45) is -0.440. The number of hydrogen-bond acceptors (Lipinski definition) is 8. The van der Waals surface area contributed by atoms with E-state index in [0.717, 1.165) is 5.56 Å². The number of nitro groups is 2. The Morgan fingerprint density at radius 2 is 1.41 bits per heavy atom. The number of methoxy groups -OCH3 is 1. The molecule has 0 amide bonds. The van der Waals surface area contributed by atoms with E-state index in [1.807, 2.05) is 0 Å². The van der Waals surface area contributed by atoms with Crippen molar-refractivity contribution in [3.63, 3.8) is 0 Å². The van der Waals surface area contributed by atoms with Gasteiger partial charge in [-0.2, -0.15) is 0 Å². The number of benzene rings is 2. The summed E-state index contributed by atoms with van der Waals surface area (Å²) in [6, 6.07) is 11.3. The first-order chi connectivity index (χ1) is 13.8. The minimum absolute atomic E-state index is 0.0287. The third-order valence-electron chi connectivity index (χ3n) is 4.67. The number of carbonyl (C=O) groups is 1. The number of carbonyl (C=O) groups excluding carboxylic acids is 1. The Kier molecular flexibility index (Phi) is 5.55. The van der Waals surface area contributed by atoms with Gasteiger partial charge in [-0.25, -0.2) is 4.79 Å². The maximum atomic E-state index is 12.4. The van der Waals surface area contributed by atoms with Gasteiger partial charge in [-0.1, -0.05) is 12.1 Å². The quantitative estimate of drug-likeness (QED) is 0.446. The molecule has 1 aliphatic heterocycles. The fourth-order valence-electron chi connectivity index (χ4n) is 3.20. The summed E-state index contributed by atoms with van der Waals surface area (Å²) in [5, 5.41) is 28.2. The standard InChI is InChI=1S/C19H18N4O6/c1-11-16(19(24)29-2)17(12-3-7-14(8-4-12)22(25)26)21-18(20-11)13-5-9-15(10-6-13)23(27)28/h3-10,17-18,20-21H,1-2H3/t17-,18-/m0/s1. The van der Waals surface area contributed by atoms with Crippen molar-refractivity contribution >= 4 is 17.3 Å². The van der Waals surface area contributed by atoms with Crippen molar-refractivity contribution < 1.29 is 19.4 Å².